The molecule has 0 saturated carbocycles. The van der Waals surface area contributed by atoms with Crippen molar-refractivity contribution < 1.29 is 5.11 Å². The molecule has 0 aliphatic heterocycles. The molecular formula is C8H19NO. The van der Waals surface area contributed by atoms with E-state index in [1.807, 2.05) is 6.92 Å². The SMILES string of the molecule is CCC(C)CC(O)[C@H](C)N. The monoisotopic (exact) mass is 145 g/mol. The van der Waals surface area contributed by atoms with Gasteiger partial charge in [0.15, 0.2) is 0 Å². The minimum atomic E-state index is -0.324. The zero-order valence-corrected chi connectivity index (χ0v) is 7.17. The van der Waals surface area contributed by atoms with Gasteiger partial charge >= 0.3 is 0 Å². The highest BCUT2D eigenvalue weighted by molar-refractivity contribution is 4.68. The van der Waals surface area contributed by atoms with E-state index in [9.17, 15) is 5.11 Å². The Bertz CT molecular complexity index is 83.3. The zero-order chi connectivity index (χ0) is 8.15. The second kappa shape index (κ2) is 4.69. The molecule has 10 heavy (non-hydrogen) atoms. The summed E-state index contributed by atoms with van der Waals surface area (Å²) in [6.45, 7) is 6.09. The minimum Gasteiger partial charge on any atom is -0.392 e. The average molecular weight is 145 g/mol. The summed E-state index contributed by atoms with van der Waals surface area (Å²) in [7, 11) is 0. The normalized spacial score (nSPS) is 20.1. The third kappa shape index (κ3) is 3.85. The van der Waals surface area contributed by atoms with Crippen LogP contribution in [0.4, 0.5) is 0 Å². The predicted octanol–water partition coefficient (Wildman–Crippen LogP) is 1.13. The molecule has 0 spiro atoms. The first-order valence-electron chi connectivity index (χ1n) is 4.01. The average Bonchev–Trinajstić information content (AvgIpc) is 1.87. The molecule has 0 aliphatic rings. The molecular weight excluding hydrogens is 126 g/mol. The van der Waals surface area contributed by atoms with E-state index in [2.05, 4.69) is 13.8 Å². The van der Waals surface area contributed by atoms with Gasteiger partial charge in [-0.15, -0.1) is 0 Å². The molecule has 0 saturated heterocycles. The summed E-state index contributed by atoms with van der Waals surface area (Å²) < 4.78 is 0. The lowest BCUT2D eigenvalue weighted by Gasteiger charge is -2.17. The summed E-state index contributed by atoms with van der Waals surface area (Å²) in [6, 6.07) is -0.0889. The maximum Gasteiger partial charge on any atom is 0.0690 e. The van der Waals surface area contributed by atoms with E-state index < -0.39 is 0 Å². The van der Waals surface area contributed by atoms with Crippen LogP contribution in [0.25, 0.3) is 0 Å². The summed E-state index contributed by atoms with van der Waals surface area (Å²) in [6.07, 6.45) is 1.62. The van der Waals surface area contributed by atoms with Crippen LogP contribution in [0.5, 0.6) is 0 Å². The largest absolute Gasteiger partial charge is 0.392 e. The van der Waals surface area contributed by atoms with Crippen LogP contribution in [-0.4, -0.2) is 17.3 Å². The highest BCUT2D eigenvalue weighted by atomic mass is 16.3. The van der Waals surface area contributed by atoms with Crippen molar-refractivity contribution in [1.29, 1.82) is 0 Å². The lowest BCUT2D eigenvalue weighted by Crippen LogP contribution is -2.32. The van der Waals surface area contributed by atoms with E-state index in [0.29, 0.717) is 5.92 Å². The number of nitrogens with two attached hydrogens (primary N) is 1. The second-order valence-corrected chi connectivity index (χ2v) is 3.18. The van der Waals surface area contributed by atoms with Gasteiger partial charge in [0, 0.05) is 6.04 Å². The highest BCUT2D eigenvalue weighted by Crippen LogP contribution is 2.10. The third-order valence-electron chi connectivity index (χ3n) is 1.95. The summed E-state index contributed by atoms with van der Waals surface area (Å²) in [5.74, 6) is 0.584. The Labute approximate surface area is 63.4 Å². The van der Waals surface area contributed by atoms with E-state index in [1.54, 1.807) is 0 Å². The second-order valence-electron chi connectivity index (χ2n) is 3.18. The van der Waals surface area contributed by atoms with Gasteiger partial charge in [-0.05, 0) is 19.3 Å². The number of hydrogen-bond acceptors (Lipinski definition) is 2. The first-order chi connectivity index (χ1) is 4.57. The highest BCUT2D eigenvalue weighted by Gasteiger charge is 2.12. The van der Waals surface area contributed by atoms with Crippen molar-refractivity contribution in [3.05, 3.63) is 0 Å². The van der Waals surface area contributed by atoms with Crippen molar-refractivity contribution in [3.8, 4) is 0 Å². The third-order valence-corrected chi connectivity index (χ3v) is 1.95. The van der Waals surface area contributed by atoms with Crippen LogP contribution in [0, 0.1) is 5.92 Å². The molecule has 2 nitrogen and oxygen atoms in total. The van der Waals surface area contributed by atoms with Gasteiger partial charge < -0.3 is 10.8 Å². The van der Waals surface area contributed by atoms with Crippen molar-refractivity contribution in [2.45, 2.75) is 45.8 Å². The lowest BCUT2D eigenvalue weighted by atomic mass is 9.98. The van der Waals surface area contributed by atoms with Gasteiger partial charge in [-0.25, -0.2) is 0 Å². The van der Waals surface area contributed by atoms with Gasteiger partial charge in [-0.1, -0.05) is 20.3 Å². The molecule has 62 valence electrons. The Kier molecular flexibility index (Phi) is 4.65. The number of aliphatic hydroxyl groups excluding tert-OH is 1. The molecule has 0 fully saturated rings. The van der Waals surface area contributed by atoms with Gasteiger partial charge in [-0.3, -0.25) is 0 Å². The van der Waals surface area contributed by atoms with Gasteiger partial charge in [0.1, 0.15) is 0 Å². The van der Waals surface area contributed by atoms with Crippen molar-refractivity contribution >= 4 is 0 Å². The number of hydrogen-bond donors (Lipinski definition) is 2. The summed E-state index contributed by atoms with van der Waals surface area (Å²) in [4.78, 5) is 0. The molecule has 0 radical (unpaired) electrons. The summed E-state index contributed by atoms with van der Waals surface area (Å²) >= 11 is 0. The molecule has 2 unspecified atom stereocenters. The first kappa shape index (κ1) is 9.92. The topological polar surface area (TPSA) is 46.2 Å². The smallest absolute Gasteiger partial charge is 0.0690 e. The van der Waals surface area contributed by atoms with Crippen molar-refractivity contribution in [2.75, 3.05) is 0 Å². The maximum atomic E-state index is 9.30. The first-order valence-corrected chi connectivity index (χ1v) is 4.01. The van der Waals surface area contributed by atoms with Crippen LogP contribution < -0.4 is 5.73 Å². The fraction of sp³-hybridized carbons (Fsp3) is 1.00. The fourth-order valence-electron chi connectivity index (χ4n) is 0.794. The van der Waals surface area contributed by atoms with Gasteiger partial charge in [0.05, 0.1) is 6.10 Å². The predicted molar refractivity (Wildman–Crippen MR) is 43.7 cm³/mol. The van der Waals surface area contributed by atoms with Crippen molar-refractivity contribution in [1.82, 2.24) is 0 Å². The van der Waals surface area contributed by atoms with Crippen LogP contribution in [0.15, 0.2) is 0 Å². The summed E-state index contributed by atoms with van der Waals surface area (Å²) in [5.41, 5.74) is 5.49. The summed E-state index contributed by atoms with van der Waals surface area (Å²) in [5, 5.41) is 9.30. The molecule has 0 aliphatic carbocycles. The minimum absolute atomic E-state index is 0.0889. The van der Waals surface area contributed by atoms with Crippen LogP contribution in [-0.2, 0) is 0 Å². The lowest BCUT2D eigenvalue weighted by molar-refractivity contribution is 0.123. The Morgan fingerprint density at radius 1 is 1.40 bits per heavy atom. The van der Waals surface area contributed by atoms with E-state index in [0.717, 1.165) is 12.8 Å². The Morgan fingerprint density at radius 2 is 1.90 bits per heavy atom. The molecule has 0 amide bonds. The molecule has 0 heterocycles. The van der Waals surface area contributed by atoms with Crippen molar-refractivity contribution in [2.24, 2.45) is 11.7 Å². The van der Waals surface area contributed by atoms with Crippen LogP contribution in [0.2, 0.25) is 0 Å². The molecule has 0 bridgehead atoms. The van der Waals surface area contributed by atoms with E-state index in [1.165, 1.54) is 0 Å². The fourth-order valence-corrected chi connectivity index (χ4v) is 0.794. The number of aliphatic hydroxyl groups is 1. The van der Waals surface area contributed by atoms with Crippen LogP contribution >= 0.6 is 0 Å². The molecule has 0 rings (SSSR count). The van der Waals surface area contributed by atoms with Crippen LogP contribution in [0.1, 0.15) is 33.6 Å². The quantitative estimate of drug-likeness (QED) is 0.623. The van der Waals surface area contributed by atoms with E-state index >= 15 is 0 Å². The van der Waals surface area contributed by atoms with E-state index in [-0.39, 0.29) is 12.1 Å². The molecule has 3 atom stereocenters. The van der Waals surface area contributed by atoms with Crippen LogP contribution in [0.3, 0.4) is 0 Å². The molecule has 0 aromatic rings. The number of rotatable bonds is 4. The molecule has 0 aromatic heterocycles. The zero-order valence-electron chi connectivity index (χ0n) is 7.17. The van der Waals surface area contributed by atoms with E-state index in [4.69, 9.17) is 5.73 Å². The van der Waals surface area contributed by atoms with Gasteiger partial charge in [-0.2, -0.15) is 0 Å². The molecule has 2 heteroatoms. The molecule has 3 N–H and O–H groups in total. The Hall–Kier alpha value is -0.0800. The maximum absolute atomic E-state index is 9.30. The molecule has 0 aromatic carbocycles. The standard InChI is InChI=1S/C8H19NO/c1-4-6(2)5-8(10)7(3)9/h6-8,10H,4-5,9H2,1-3H3/t6?,7-,8?/m0/s1. The van der Waals surface area contributed by atoms with Gasteiger partial charge in [0.2, 0.25) is 0 Å². The Morgan fingerprint density at radius 3 is 2.20 bits per heavy atom. The van der Waals surface area contributed by atoms with Crippen molar-refractivity contribution in [3.63, 3.8) is 0 Å². The Balaban J connectivity index is 3.46. The van der Waals surface area contributed by atoms with Gasteiger partial charge in [0.25, 0.3) is 0 Å².